The van der Waals surface area contributed by atoms with E-state index in [-0.39, 0.29) is 0 Å². The lowest BCUT2D eigenvalue weighted by molar-refractivity contribution is 0.787. The van der Waals surface area contributed by atoms with E-state index in [1.165, 1.54) is 11.3 Å². The van der Waals surface area contributed by atoms with E-state index in [1.54, 1.807) is 0 Å². The average molecular weight is 231 g/mol. The first-order chi connectivity index (χ1) is 8.26. The summed E-state index contributed by atoms with van der Waals surface area (Å²) in [7, 11) is 2.12. The second-order valence-corrected chi connectivity index (χ2v) is 4.60. The van der Waals surface area contributed by atoms with Gasteiger partial charge in [0.1, 0.15) is 11.6 Å². The zero-order valence-electron chi connectivity index (χ0n) is 11.0. The number of anilines is 1. The highest BCUT2D eigenvalue weighted by Gasteiger charge is 2.17. The maximum atomic E-state index is 4.72. The van der Waals surface area contributed by atoms with Crippen molar-refractivity contribution in [1.82, 2.24) is 9.97 Å². The Bertz CT molecular complexity index is 424. The van der Waals surface area contributed by atoms with Gasteiger partial charge in [0.15, 0.2) is 0 Å². The van der Waals surface area contributed by atoms with Crippen LogP contribution in [0.2, 0.25) is 0 Å². The Balaban J connectivity index is 2.37. The van der Waals surface area contributed by atoms with Crippen LogP contribution in [0, 0.1) is 0 Å². The fraction of sp³-hybridized carbons (Fsp3) is 0.571. The van der Waals surface area contributed by atoms with Crippen molar-refractivity contribution >= 4 is 11.9 Å². The molecule has 2 rings (SSSR count). The molecule has 0 unspecified atom stereocenters. The minimum atomic E-state index is 0.960. The third-order valence-corrected chi connectivity index (χ3v) is 3.04. The maximum Gasteiger partial charge on any atom is 0.139 e. The van der Waals surface area contributed by atoms with Gasteiger partial charge in [0.05, 0.1) is 5.69 Å². The molecular weight excluding hydrogens is 210 g/mol. The zero-order valence-corrected chi connectivity index (χ0v) is 11.0. The molecule has 1 aromatic rings. The first-order valence-electron chi connectivity index (χ1n) is 6.53. The summed E-state index contributed by atoms with van der Waals surface area (Å²) < 4.78 is 0. The highest BCUT2D eigenvalue weighted by atomic mass is 15.2. The molecule has 1 aliphatic carbocycles. The second kappa shape index (κ2) is 5.30. The molecule has 1 heterocycles. The van der Waals surface area contributed by atoms with Crippen LogP contribution in [-0.4, -0.2) is 23.6 Å². The quantitative estimate of drug-likeness (QED) is 0.780. The fourth-order valence-corrected chi connectivity index (χ4v) is 2.23. The number of rotatable bonds is 5. The van der Waals surface area contributed by atoms with E-state index in [0.29, 0.717) is 0 Å². The molecule has 1 aromatic heterocycles. The molecule has 1 aliphatic rings. The Labute approximate surface area is 104 Å². The second-order valence-electron chi connectivity index (χ2n) is 4.60. The van der Waals surface area contributed by atoms with E-state index in [0.717, 1.165) is 43.9 Å². The SMILES string of the molecule is CCCc1nc2c(c(N(C)CCC)n1)C=CC2. The minimum absolute atomic E-state index is 0.960. The van der Waals surface area contributed by atoms with Crippen LogP contribution in [0.4, 0.5) is 5.82 Å². The topological polar surface area (TPSA) is 29.0 Å². The van der Waals surface area contributed by atoms with E-state index >= 15 is 0 Å². The lowest BCUT2D eigenvalue weighted by Crippen LogP contribution is -2.21. The van der Waals surface area contributed by atoms with E-state index in [4.69, 9.17) is 4.98 Å². The predicted molar refractivity (Wildman–Crippen MR) is 72.3 cm³/mol. The number of hydrogen-bond acceptors (Lipinski definition) is 3. The summed E-state index contributed by atoms with van der Waals surface area (Å²) in [5, 5.41) is 0. The van der Waals surface area contributed by atoms with E-state index in [2.05, 4.69) is 42.9 Å². The molecule has 0 N–H and O–H groups in total. The third-order valence-electron chi connectivity index (χ3n) is 3.04. The molecule has 0 amide bonds. The monoisotopic (exact) mass is 231 g/mol. The molecule has 3 nitrogen and oxygen atoms in total. The van der Waals surface area contributed by atoms with Crippen LogP contribution in [-0.2, 0) is 12.8 Å². The van der Waals surface area contributed by atoms with Crippen LogP contribution < -0.4 is 4.90 Å². The molecule has 0 spiro atoms. The Morgan fingerprint density at radius 3 is 2.76 bits per heavy atom. The third kappa shape index (κ3) is 2.48. The zero-order chi connectivity index (χ0) is 12.3. The van der Waals surface area contributed by atoms with Crippen molar-refractivity contribution in [1.29, 1.82) is 0 Å². The van der Waals surface area contributed by atoms with Gasteiger partial charge in [0, 0.05) is 32.0 Å². The van der Waals surface area contributed by atoms with Gasteiger partial charge in [0.2, 0.25) is 0 Å². The van der Waals surface area contributed by atoms with Crippen LogP contribution in [0.25, 0.3) is 6.08 Å². The number of aromatic nitrogens is 2. The van der Waals surface area contributed by atoms with E-state index < -0.39 is 0 Å². The van der Waals surface area contributed by atoms with Gasteiger partial charge in [0.25, 0.3) is 0 Å². The lowest BCUT2D eigenvalue weighted by Gasteiger charge is -2.20. The largest absolute Gasteiger partial charge is 0.359 e. The Morgan fingerprint density at radius 2 is 2.06 bits per heavy atom. The minimum Gasteiger partial charge on any atom is -0.359 e. The number of aryl methyl sites for hydroxylation is 1. The molecule has 92 valence electrons. The van der Waals surface area contributed by atoms with Gasteiger partial charge in [-0.15, -0.1) is 0 Å². The van der Waals surface area contributed by atoms with Gasteiger partial charge in [-0.2, -0.15) is 0 Å². The van der Waals surface area contributed by atoms with E-state index in [9.17, 15) is 0 Å². The standard InChI is InChI=1S/C14H21N3/c1-4-7-13-15-12-9-6-8-11(12)14(16-13)17(3)10-5-2/h6,8H,4-5,7,9-10H2,1-3H3. The molecule has 0 aromatic carbocycles. The van der Waals surface area contributed by atoms with Crippen LogP contribution in [0.15, 0.2) is 6.08 Å². The van der Waals surface area contributed by atoms with Gasteiger partial charge >= 0.3 is 0 Å². The van der Waals surface area contributed by atoms with Crippen molar-refractivity contribution in [3.63, 3.8) is 0 Å². The van der Waals surface area contributed by atoms with Gasteiger partial charge in [-0.05, 0) is 12.8 Å². The Kier molecular flexibility index (Phi) is 3.77. The molecule has 3 heteroatoms. The molecule has 0 bridgehead atoms. The van der Waals surface area contributed by atoms with Crippen molar-refractivity contribution in [3.05, 3.63) is 23.2 Å². The van der Waals surface area contributed by atoms with Gasteiger partial charge in [-0.25, -0.2) is 9.97 Å². The molecule has 0 saturated heterocycles. The summed E-state index contributed by atoms with van der Waals surface area (Å²) in [4.78, 5) is 11.6. The van der Waals surface area contributed by atoms with Crippen LogP contribution >= 0.6 is 0 Å². The number of allylic oxidation sites excluding steroid dienone is 1. The summed E-state index contributed by atoms with van der Waals surface area (Å²) in [6, 6.07) is 0. The number of fused-ring (bicyclic) bond motifs is 1. The van der Waals surface area contributed by atoms with Crippen molar-refractivity contribution in [2.24, 2.45) is 0 Å². The smallest absolute Gasteiger partial charge is 0.139 e. The summed E-state index contributed by atoms with van der Waals surface area (Å²) in [6.45, 7) is 5.41. The molecule has 0 fully saturated rings. The van der Waals surface area contributed by atoms with Gasteiger partial charge < -0.3 is 4.90 Å². The lowest BCUT2D eigenvalue weighted by atomic mass is 10.2. The molecule has 0 saturated carbocycles. The molecule has 17 heavy (non-hydrogen) atoms. The van der Waals surface area contributed by atoms with Gasteiger partial charge in [-0.3, -0.25) is 0 Å². The number of nitrogens with zero attached hydrogens (tertiary/aromatic N) is 3. The Morgan fingerprint density at radius 1 is 1.24 bits per heavy atom. The van der Waals surface area contributed by atoms with Gasteiger partial charge in [-0.1, -0.05) is 26.0 Å². The molecular formula is C14H21N3. The summed E-state index contributed by atoms with van der Waals surface area (Å²) >= 11 is 0. The normalized spacial score (nSPS) is 12.9. The highest BCUT2D eigenvalue weighted by molar-refractivity contribution is 5.69. The van der Waals surface area contributed by atoms with Crippen LogP contribution in [0.3, 0.4) is 0 Å². The summed E-state index contributed by atoms with van der Waals surface area (Å²) in [5.41, 5.74) is 2.42. The van der Waals surface area contributed by atoms with Crippen molar-refractivity contribution in [3.8, 4) is 0 Å². The van der Waals surface area contributed by atoms with Crippen molar-refractivity contribution < 1.29 is 0 Å². The first-order valence-corrected chi connectivity index (χ1v) is 6.53. The first kappa shape index (κ1) is 12.1. The summed E-state index contributed by atoms with van der Waals surface area (Å²) in [6.07, 6.45) is 8.51. The van der Waals surface area contributed by atoms with Crippen molar-refractivity contribution in [2.75, 3.05) is 18.5 Å². The highest BCUT2D eigenvalue weighted by Crippen LogP contribution is 2.27. The van der Waals surface area contributed by atoms with Crippen molar-refractivity contribution in [2.45, 2.75) is 39.5 Å². The molecule has 0 radical (unpaired) electrons. The van der Waals surface area contributed by atoms with Crippen LogP contribution in [0.1, 0.15) is 43.8 Å². The summed E-state index contributed by atoms with van der Waals surface area (Å²) in [5.74, 6) is 2.10. The molecule has 0 aliphatic heterocycles. The molecule has 0 atom stereocenters. The predicted octanol–water partition coefficient (Wildman–Crippen LogP) is 2.84. The van der Waals surface area contributed by atoms with E-state index in [1.807, 2.05) is 0 Å². The average Bonchev–Trinajstić information content (AvgIpc) is 2.76. The number of hydrogen-bond donors (Lipinski definition) is 0. The Hall–Kier alpha value is -1.38. The fourth-order valence-electron chi connectivity index (χ4n) is 2.23. The maximum absolute atomic E-state index is 4.72. The van der Waals surface area contributed by atoms with Crippen LogP contribution in [0.5, 0.6) is 0 Å².